The summed E-state index contributed by atoms with van der Waals surface area (Å²) in [4.78, 5) is 4.15. The van der Waals surface area contributed by atoms with Gasteiger partial charge in [0.05, 0.1) is 5.52 Å². The minimum absolute atomic E-state index is 0.583. The minimum atomic E-state index is 0.583. The maximum Gasteiger partial charge on any atom is 0.149 e. The SMILES string of the molecule is Cc1nc(N)c2ccc(Br)cn12. The van der Waals surface area contributed by atoms with Crippen molar-refractivity contribution in [1.29, 1.82) is 0 Å². The van der Waals surface area contributed by atoms with Gasteiger partial charge in [-0.3, -0.25) is 0 Å². The van der Waals surface area contributed by atoms with E-state index in [9.17, 15) is 0 Å². The molecular weight excluding hydrogens is 218 g/mol. The average Bonchev–Trinajstić information content (AvgIpc) is 2.28. The molecule has 62 valence electrons. The third-order valence-corrected chi connectivity index (χ3v) is 2.27. The average molecular weight is 226 g/mol. The quantitative estimate of drug-likeness (QED) is 0.746. The van der Waals surface area contributed by atoms with Crippen molar-refractivity contribution in [1.82, 2.24) is 9.38 Å². The van der Waals surface area contributed by atoms with E-state index in [1.54, 1.807) is 0 Å². The molecule has 0 atom stereocenters. The molecule has 0 amide bonds. The number of nitrogen functional groups attached to an aromatic ring is 1. The number of pyridine rings is 1. The maximum atomic E-state index is 5.68. The van der Waals surface area contributed by atoms with Crippen molar-refractivity contribution in [2.45, 2.75) is 6.92 Å². The van der Waals surface area contributed by atoms with Crippen molar-refractivity contribution >= 4 is 27.3 Å². The fraction of sp³-hybridized carbons (Fsp3) is 0.125. The Balaban J connectivity index is 2.90. The summed E-state index contributed by atoms with van der Waals surface area (Å²) in [5.41, 5.74) is 6.63. The van der Waals surface area contributed by atoms with Crippen molar-refractivity contribution in [2.75, 3.05) is 5.73 Å². The highest BCUT2D eigenvalue weighted by Gasteiger charge is 2.03. The van der Waals surface area contributed by atoms with E-state index in [1.807, 2.05) is 29.7 Å². The zero-order chi connectivity index (χ0) is 8.72. The van der Waals surface area contributed by atoms with Crippen LogP contribution < -0.4 is 5.73 Å². The smallest absolute Gasteiger partial charge is 0.149 e. The molecule has 2 aromatic rings. The van der Waals surface area contributed by atoms with E-state index in [0.29, 0.717) is 5.82 Å². The molecule has 2 rings (SSSR count). The van der Waals surface area contributed by atoms with E-state index < -0.39 is 0 Å². The molecule has 0 saturated heterocycles. The fourth-order valence-corrected chi connectivity index (χ4v) is 1.57. The van der Waals surface area contributed by atoms with E-state index in [2.05, 4.69) is 20.9 Å². The number of anilines is 1. The number of halogens is 1. The Morgan fingerprint density at radius 3 is 3.00 bits per heavy atom. The van der Waals surface area contributed by atoms with Gasteiger partial charge in [0.15, 0.2) is 0 Å². The summed E-state index contributed by atoms with van der Waals surface area (Å²) in [5.74, 6) is 1.49. The first-order valence-corrected chi connectivity index (χ1v) is 4.37. The molecule has 2 heterocycles. The number of aromatic nitrogens is 2. The van der Waals surface area contributed by atoms with E-state index in [0.717, 1.165) is 15.8 Å². The van der Waals surface area contributed by atoms with Gasteiger partial charge in [0, 0.05) is 10.7 Å². The molecule has 0 spiro atoms. The number of hydrogen-bond acceptors (Lipinski definition) is 2. The molecular formula is C8H8BrN3. The molecule has 0 aromatic carbocycles. The molecule has 0 saturated carbocycles. The molecule has 0 bridgehead atoms. The Labute approximate surface area is 78.3 Å². The summed E-state index contributed by atoms with van der Waals surface area (Å²) >= 11 is 3.39. The highest BCUT2D eigenvalue weighted by Crippen LogP contribution is 2.18. The van der Waals surface area contributed by atoms with Crippen LogP contribution in [0.15, 0.2) is 22.8 Å². The van der Waals surface area contributed by atoms with Gasteiger partial charge >= 0.3 is 0 Å². The first-order valence-electron chi connectivity index (χ1n) is 3.58. The Bertz CT molecular complexity index is 433. The van der Waals surface area contributed by atoms with Crippen LogP contribution in [-0.4, -0.2) is 9.38 Å². The topological polar surface area (TPSA) is 43.3 Å². The summed E-state index contributed by atoms with van der Waals surface area (Å²) in [7, 11) is 0. The number of fused-ring (bicyclic) bond motifs is 1. The van der Waals surface area contributed by atoms with Crippen LogP contribution in [0.5, 0.6) is 0 Å². The summed E-state index contributed by atoms with van der Waals surface area (Å²) < 4.78 is 2.98. The van der Waals surface area contributed by atoms with Crippen LogP contribution in [-0.2, 0) is 0 Å². The van der Waals surface area contributed by atoms with Crippen molar-refractivity contribution in [2.24, 2.45) is 0 Å². The molecule has 12 heavy (non-hydrogen) atoms. The standard InChI is InChI=1S/C8H8BrN3/c1-5-11-8(10)7-3-2-6(9)4-12(5)7/h2-4H,10H2,1H3. The predicted octanol–water partition coefficient (Wildman–Crippen LogP) is 1.99. The lowest BCUT2D eigenvalue weighted by Crippen LogP contribution is -1.87. The summed E-state index contributed by atoms with van der Waals surface area (Å²) in [6.07, 6.45) is 1.95. The van der Waals surface area contributed by atoms with Gasteiger partial charge < -0.3 is 10.1 Å². The molecule has 0 unspecified atom stereocenters. The number of rotatable bonds is 0. The number of nitrogens with two attached hydrogens (primary N) is 1. The second kappa shape index (κ2) is 2.48. The fourth-order valence-electron chi connectivity index (χ4n) is 1.24. The molecule has 0 fully saturated rings. The van der Waals surface area contributed by atoms with Crippen LogP contribution in [0, 0.1) is 6.92 Å². The van der Waals surface area contributed by atoms with Crippen LogP contribution in [0.4, 0.5) is 5.82 Å². The van der Waals surface area contributed by atoms with Crippen molar-refractivity contribution in [3.05, 3.63) is 28.6 Å². The highest BCUT2D eigenvalue weighted by molar-refractivity contribution is 9.10. The van der Waals surface area contributed by atoms with Gasteiger partial charge in [-0.2, -0.15) is 0 Å². The lowest BCUT2D eigenvalue weighted by Gasteiger charge is -1.96. The van der Waals surface area contributed by atoms with Crippen LogP contribution in [0.25, 0.3) is 5.52 Å². The lowest BCUT2D eigenvalue weighted by molar-refractivity contribution is 1.04. The van der Waals surface area contributed by atoms with Gasteiger partial charge in [0.2, 0.25) is 0 Å². The molecule has 0 aliphatic carbocycles. The Morgan fingerprint density at radius 2 is 2.25 bits per heavy atom. The Morgan fingerprint density at radius 1 is 1.50 bits per heavy atom. The van der Waals surface area contributed by atoms with E-state index in [1.165, 1.54) is 0 Å². The largest absolute Gasteiger partial charge is 0.382 e. The molecule has 4 heteroatoms. The molecule has 0 aliphatic heterocycles. The summed E-state index contributed by atoms with van der Waals surface area (Å²) in [6.45, 7) is 1.93. The first-order chi connectivity index (χ1) is 5.68. The maximum absolute atomic E-state index is 5.68. The van der Waals surface area contributed by atoms with Gasteiger partial charge in [0.25, 0.3) is 0 Å². The molecule has 0 radical (unpaired) electrons. The van der Waals surface area contributed by atoms with Gasteiger partial charge in [0.1, 0.15) is 11.6 Å². The number of imidazole rings is 1. The predicted molar refractivity (Wildman–Crippen MR) is 52.0 cm³/mol. The van der Waals surface area contributed by atoms with E-state index in [4.69, 9.17) is 5.73 Å². The zero-order valence-corrected chi connectivity index (χ0v) is 8.17. The van der Waals surface area contributed by atoms with Crippen molar-refractivity contribution in [3.8, 4) is 0 Å². The third kappa shape index (κ3) is 0.992. The second-order valence-electron chi connectivity index (χ2n) is 2.65. The summed E-state index contributed by atoms with van der Waals surface area (Å²) in [5, 5.41) is 0. The third-order valence-electron chi connectivity index (χ3n) is 1.81. The highest BCUT2D eigenvalue weighted by atomic mass is 79.9. The minimum Gasteiger partial charge on any atom is -0.382 e. The van der Waals surface area contributed by atoms with Crippen LogP contribution in [0.3, 0.4) is 0 Å². The van der Waals surface area contributed by atoms with E-state index in [-0.39, 0.29) is 0 Å². The molecule has 3 nitrogen and oxygen atoms in total. The summed E-state index contributed by atoms with van der Waals surface area (Å²) in [6, 6.07) is 3.90. The Kier molecular flexibility index (Phi) is 1.58. The van der Waals surface area contributed by atoms with Gasteiger partial charge in [-0.1, -0.05) is 0 Å². The normalized spacial score (nSPS) is 10.8. The van der Waals surface area contributed by atoms with Crippen molar-refractivity contribution in [3.63, 3.8) is 0 Å². The van der Waals surface area contributed by atoms with Gasteiger partial charge in [-0.05, 0) is 35.0 Å². The van der Waals surface area contributed by atoms with Crippen LogP contribution >= 0.6 is 15.9 Å². The monoisotopic (exact) mass is 225 g/mol. The van der Waals surface area contributed by atoms with Gasteiger partial charge in [-0.15, -0.1) is 0 Å². The molecule has 0 aliphatic rings. The number of hydrogen-bond donors (Lipinski definition) is 1. The molecule has 2 N–H and O–H groups in total. The Hall–Kier alpha value is -1.03. The van der Waals surface area contributed by atoms with Crippen LogP contribution in [0.2, 0.25) is 0 Å². The lowest BCUT2D eigenvalue weighted by atomic mass is 10.4. The van der Waals surface area contributed by atoms with Crippen LogP contribution in [0.1, 0.15) is 5.82 Å². The van der Waals surface area contributed by atoms with Gasteiger partial charge in [-0.25, -0.2) is 4.98 Å². The van der Waals surface area contributed by atoms with Crippen molar-refractivity contribution < 1.29 is 0 Å². The molecule has 2 aromatic heterocycles. The zero-order valence-electron chi connectivity index (χ0n) is 6.58. The second-order valence-corrected chi connectivity index (χ2v) is 3.56. The van der Waals surface area contributed by atoms with E-state index >= 15 is 0 Å². The number of aryl methyl sites for hydroxylation is 1. The number of nitrogens with zero attached hydrogens (tertiary/aromatic N) is 2. The first kappa shape index (κ1) is 7.61.